The lowest BCUT2D eigenvalue weighted by Gasteiger charge is -2.27. The van der Waals surface area contributed by atoms with Crippen LogP contribution in [0.4, 0.5) is 0 Å². The topological polar surface area (TPSA) is 0 Å². The molecule has 2 saturated carbocycles. The summed E-state index contributed by atoms with van der Waals surface area (Å²) in [4.78, 5) is 0. The molecule has 152 valence electrons. The van der Waals surface area contributed by atoms with Crippen LogP contribution in [0.3, 0.4) is 0 Å². The van der Waals surface area contributed by atoms with Crippen molar-refractivity contribution < 1.29 is 0 Å². The molecular formula is C29H36. The molecule has 0 bridgehead atoms. The molecule has 2 aromatic rings. The minimum Gasteiger partial charge on any atom is -0.103 e. The number of benzene rings is 2. The highest BCUT2D eigenvalue weighted by Crippen LogP contribution is 2.38. The van der Waals surface area contributed by atoms with E-state index >= 15 is 0 Å². The van der Waals surface area contributed by atoms with Crippen LogP contribution >= 0.6 is 0 Å². The summed E-state index contributed by atoms with van der Waals surface area (Å²) in [6.07, 6.45) is 17.3. The largest absolute Gasteiger partial charge is 0.103 e. The fourth-order valence-electron chi connectivity index (χ4n) is 5.50. The van der Waals surface area contributed by atoms with E-state index in [2.05, 4.69) is 80.3 Å². The molecule has 4 rings (SSSR count). The zero-order valence-electron chi connectivity index (χ0n) is 18.0. The summed E-state index contributed by atoms with van der Waals surface area (Å²) in [7, 11) is 0. The van der Waals surface area contributed by atoms with E-state index in [1.807, 2.05) is 0 Å². The Morgan fingerprint density at radius 3 is 1.41 bits per heavy atom. The highest BCUT2D eigenvalue weighted by Gasteiger charge is 2.21. The van der Waals surface area contributed by atoms with Crippen LogP contribution in [0.2, 0.25) is 0 Å². The predicted molar refractivity (Wildman–Crippen MR) is 126 cm³/mol. The van der Waals surface area contributed by atoms with Crippen LogP contribution in [-0.2, 0) is 0 Å². The average molecular weight is 385 g/mol. The van der Waals surface area contributed by atoms with Crippen LogP contribution in [0, 0.1) is 11.8 Å². The number of hydrogen-bond acceptors (Lipinski definition) is 0. The molecule has 0 radical (unpaired) electrons. The van der Waals surface area contributed by atoms with Crippen LogP contribution in [0.5, 0.6) is 0 Å². The Kier molecular flexibility index (Phi) is 6.70. The van der Waals surface area contributed by atoms with Crippen LogP contribution in [0.25, 0.3) is 11.1 Å². The summed E-state index contributed by atoms with van der Waals surface area (Å²) in [5, 5.41) is 0. The maximum atomic E-state index is 3.97. The third-order valence-corrected chi connectivity index (χ3v) is 7.44. The molecule has 0 heterocycles. The third kappa shape index (κ3) is 4.92. The van der Waals surface area contributed by atoms with Crippen LogP contribution in [-0.4, -0.2) is 0 Å². The van der Waals surface area contributed by atoms with Crippen molar-refractivity contribution in [3.63, 3.8) is 0 Å². The first-order valence-corrected chi connectivity index (χ1v) is 11.7. The molecule has 0 unspecified atom stereocenters. The zero-order valence-corrected chi connectivity index (χ0v) is 18.0. The summed E-state index contributed by atoms with van der Waals surface area (Å²) < 4.78 is 0. The first-order chi connectivity index (χ1) is 14.3. The van der Waals surface area contributed by atoms with Gasteiger partial charge >= 0.3 is 0 Å². The summed E-state index contributed by atoms with van der Waals surface area (Å²) >= 11 is 0. The van der Waals surface area contributed by atoms with Gasteiger partial charge in [0.1, 0.15) is 0 Å². The average Bonchev–Trinajstić information content (AvgIpc) is 2.80. The summed E-state index contributed by atoms with van der Waals surface area (Å²) in [6.45, 7) is 6.11. The molecule has 2 aliphatic rings. The van der Waals surface area contributed by atoms with Gasteiger partial charge in [-0.2, -0.15) is 0 Å². The van der Waals surface area contributed by atoms with Crippen molar-refractivity contribution in [2.75, 3.05) is 0 Å². The molecule has 0 saturated heterocycles. The fraction of sp³-hybridized carbons (Fsp3) is 0.448. The van der Waals surface area contributed by atoms with Crippen LogP contribution in [0.15, 0.2) is 73.3 Å². The van der Waals surface area contributed by atoms with Gasteiger partial charge < -0.3 is 0 Å². The Morgan fingerprint density at radius 2 is 1.03 bits per heavy atom. The lowest BCUT2D eigenvalue weighted by atomic mass is 9.78. The van der Waals surface area contributed by atoms with E-state index in [1.54, 1.807) is 0 Å². The second kappa shape index (κ2) is 9.61. The van der Waals surface area contributed by atoms with Crippen molar-refractivity contribution in [2.24, 2.45) is 11.8 Å². The second-order valence-corrected chi connectivity index (χ2v) is 9.23. The van der Waals surface area contributed by atoms with Gasteiger partial charge in [0, 0.05) is 0 Å². The normalized spacial score (nSPS) is 27.8. The smallest absolute Gasteiger partial charge is 0.0162 e. The highest BCUT2D eigenvalue weighted by molar-refractivity contribution is 5.64. The van der Waals surface area contributed by atoms with Crippen LogP contribution in [0.1, 0.15) is 81.3 Å². The first kappa shape index (κ1) is 20.2. The Morgan fingerprint density at radius 1 is 0.621 bits per heavy atom. The summed E-state index contributed by atoms with van der Waals surface area (Å²) in [6, 6.07) is 18.8. The van der Waals surface area contributed by atoms with E-state index in [9.17, 15) is 0 Å². The van der Waals surface area contributed by atoms with E-state index in [4.69, 9.17) is 0 Å². The van der Waals surface area contributed by atoms with Gasteiger partial charge in [0.15, 0.2) is 0 Å². The molecular weight excluding hydrogens is 348 g/mol. The molecule has 0 nitrogen and oxygen atoms in total. The van der Waals surface area contributed by atoms with Crippen molar-refractivity contribution in [3.8, 4) is 11.1 Å². The van der Waals surface area contributed by atoms with E-state index in [-0.39, 0.29) is 0 Å². The summed E-state index contributed by atoms with van der Waals surface area (Å²) in [5.41, 5.74) is 5.74. The third-order valence-electron chi connectivity index (χ3n) is 7.44. The van der Waals surface area contributed by atoms with Crippen molar-refractivity contribution >= 4 is 0 Å². The molecule has 0 heteroatoms. The van der Waals surface area contributed by atoms with Gasteiger partial charge in [-0.1, -0.05) is 66.8 Å². The highest BCUT2D eigenvalue weighted by atomic mass is 14.3. The molecule has 0 aliphatic heterocycles. The summed E-state index contributed by atoms with van der Waals surface area (Å²) in [5.74, 6) is 3.03. The monoisotopic (exact) mass is 384 g/mol. The maximum Gasteiger partial charge on any atom is -0.0162 e. The lowest BCUT2D eigenvalue weighted by molar-refractivity contribution is 0.376. The van der Waals surface area contributed by atoms with Gasteiger partial charge in [-0.05, 0) is 104 Å². The molecule has 2 aromatic carbocycles. The second-order valence-electron chi connectivity index (χ2n) is 9.23. The van der Waals surface area contributed by atoms with Crippen LogP contribution < -0.4 is 0 Å². The number of allylic oxidation sites excluding steroid dienone is 3. The Labute approximate surface area is 177 Å². The lowest BCUT2D eigenvalue weighted by Crippen LogP contribution is -2.11. The molecule has 2 aliphatic carbocycles. The van der Waals surface area contributed by atoms with Gasteiger partial charge in [0.25, 0.3) is 0 Å². The fourth-order valence-corrected chi connectivity index (χ4v) is 5.50. The molecule has 0 spiro atoms. The SMILES string of the molecule is C=CC1CCC(c2ccc(-c3ccc(C4CCC(/C=C/C)CC4)cc3)cc2)CC1. The molecule has 0 aromatic heterocycles. The van der Waals surface area contributed by atoms with E-state index in [0.717, 1.165) is 23.7 Å². The molecule has 2 fully saturated rings. The zero-order chi connectivity index (χ0) is 20.1. The molecule has 0 N–H and O–H groups in total. The number of rotatable bonds is 5. The minimum atomic E-state index is 0.736. The van der Waals surface area contributed by atoms with Gasteiger partial charge in [0.2, 0.25) is 0 Å². The Balaban J connectivity index is 1.37. The van der Waals surface area contributed by atoms with Gasteiger partial charge in [-0.15, -0.1) is 6.58 Å². The Hall–Kier alpha value is -2.08. The van der Waals surface area contributed by atoms with E-state index in [1.165, 1.54) is 73.6 Å². The van der Waals surface area contributed by atoms with E-state index < -0.39 is 0 Å². The van der Waals surface area contributed by atoms with Crippen molar-refractivity contribution in [3.05, 3.63) is 84.5 Å². The number of hydrogen-bond donors (Lipinski definition) is 0. The van der Waals surface area contributed by atoms with Crippen molar-refractivity contribution in [1.29, 1.82) is 0 Å². The van der Waals surface area contributed by atoms with Gasteiger partial charge in [-0.3, -0.25) is 0 Å². The molecule has 0 atom stereocenters. The quantitative estimate of drug-likeness (QED) is 0.452. The van der Waals surface area contributed by atoms with Crippen molar-refractivity contribution in [2.45, 2.75) is 70.1 Å². The minimum absolute atomic E-state index is 0.736. The standard InChI is InChI=1S/C29H36/c1-3-5-23-8-12-25(13-9-23)27-16-20-29(21-17-27)28-18-14-26(15-19-28)24-10-6-22(4-2)7-11-24/h3-5,14-25H,2,6-13H2,1H3/b5-3+. The van der Waals surface area contributed by atoms with E-state index in [0.29, 0.717) is 0 Å². The van der Waals surface area contributed by atoms with Gasteiger partial charge in [0.05, 0.1) is 0 Å². The van der Waals surface area contributed by atoms with Gasteiger partial charge in [-0.25, -0.2) is 0 Å². The molecule has 0 amide bonds. The first-order valence-electron chi connectivity index (χ1n) is 11.7. The molecule has 29 heavy (non-hydrogen) atoms. The predicted octanol–water partition coefficient (Wildman–Crippen LogP) is 8.66. The maximum absolute atomic E-state index is 3.97. The van der Waals surface area contributed by atoms with Crippen molar-refractivity contribution in [1.82, 2.24) is 0 Å². The Bertz CT molecular complexity index is 792.